The number of aryl methyl sites for hydroxylation is 1. The summed E-state index contributed by atoms with van der Waals surface area (Å²) in [5, 5.41) is 3.55. The molecule has 0 aliphatic heterocycles. The van der Waals surface area contributed by atoms with Gasteiger partial charge in [-0.25, -0.2) is 8.42 Å². The fourth-order valence-corrected chi connectivity index (χ4v) is 6.40. The molecule has 0 spiro atoms. The van der Waals surface area contributed by atoms with E-state index >= 15 is 0 Å². The van der Waals surface area contributed by atoms with Gasteiger partial charge in [-0.3, -0.25) is 13.9 Å². The van der Waals surface area contributed by atoms with Gasteiger partial charge in [-0.15, -0.1) is 0 Å². The number of hydrogen-bond donors (Lipinski definition) is 1. The summed E-state index contributed by atoms with van der Waals surface area (Å²) in [7, 11) is -4.15. The molecule has 0 unspecified atom stereocenters. The van der Waals surface area contributed by atoms with Gasteiger partial charge in [-0.05, 0) is 75.6 Å². The van der Waals surface area contributed by atoms with E-state index in [4.69, 9.17) is 23.2 Å². The Labute approximate surface area is 247 Å². The van der Waals surface area contributed by atoms with E-state index in [1.807, 2.05) is 33.8 Å². The summed E-state index contributed by atoms with van der Waals surface area (Å²) in [6.45, 7) is 8.54. The van der Waals surface area contributed by atoms with E-state index in [-0.39, 0.29) is 23.4 Å². The lowest BCUT2D eigenvalue weighted by Crippen LogP contribution is -2.53. The molecule has 0 aromatic heterocycles. The van der Waals surface area contributed by atoms with Crippen molar-refractivity contribution in [2.75, 3.05) is 10.8 Å². The molecule has 0 saturated carbocycles. The summed E-state index contributed by atoms with van der Waals surface area (Å²) >= 11 is 12.9. The van der Waals surface area contributed by atoms with Crippen molar-refractivity contribution in [3.63, 3.8) is 0 Å². The van der Waals surface area contributed by atoms with Crippen LogP contribution < -0.4 is 9.62 Å². The molecule has 10 heteroatoms. The molecule has 0 radical (unpaired) electrons. The van der Waals surface area contributed by atoms with E-state index in [0.29, 0.717) is 27.7 Å². The van der Waals surface area contributed by atoms with Crippen LogP contribution in [0.5, 0.6) is 0 Å². The van der Waals surface area contributed by atoms with Crippen LogP contribution in [0.15, 0.2) is 71.6 Å². The molecule has 0 saturated heterocycles. The Morgan fingerprint density at radius 3 is 2.08 bits per heavy atom. The number of carbonyl (C=O) groups excluding carboxylic acids is 2. The predicted octanol–water partition coefficient (Wildman–Crippen LogP) is 6.14. The number of sulfonamides is 1. The van der Waals surface area contributed by atoms with Crippen LogP contribution in [-0.2, 0) is 26.2 Å². The predicted molar refractivity (Wildman–Crippen MR) is 161 cm³/mol. The molecule has 7 nitrogen and oxygen atoms in total. The molecule has 3 aromatic carbocycles. The van der Waals surface area contributed by atoms with E-state index < -0.39 is 28.5 Å². The second-order valence-electron chi connectivity index (χ2n) is 9.85. The highest BCUT2D eigenvalue weighted by Crippen LogP contribution is 2.30. The minimum absolute atomic E-state index is 0.0500. The molecule has 1 atom stereocenters. The van der Waals surface area contributed by atoms with E-state index in [9.17, 15) is 18.0 Å². The van der Waals surface area contributed by atoms with Gasteiger partial charge in [0.05, 0.1) is 10.6 Å². The van der Waals surface area contributed by atoms with Crippen LogP contribution in [0.2, 0.25) is 10.0 Å². The summed E-state index contributed by atoms with van der Waals surface area (Å²) in [6, 6.07) is 17.2. The maximum absolute atomic E-state index is 14.2. The Morgan fingerprint density at radius 1 is 0.900 bits per heavy atom. The standard InChI is InChI=1S/C30H35Cl2N3O4S/c1-6-27(30(37)33-20(2)3)34(18-24-25(31)15-11-16-26(24)32)29(36)19-35(28-17-10-12-21(4)22(28)5)40(38,39)23-13-8-7-9-14-23/h7-17,20,27H,6,18-19H2,1-5H3,(H,33,37)/t27-/m0/s1. The molecule has 1 N–H and O–H groups in total. The molecule has 0 heterocycles. The van der Waals surface area contributed by atoms with Gasteiger partial charge in [0.25, 0.3) is 10.0 Å². The maximum Gasteiger partial charge on any atom is 0.264 e. The normalized spacial score (nSPS) is 12.2. The molecule has 0 fully saturated rings. The van der Waals surface area contributed by atoms with E-state index in [2.05, 4.69) is 5.32 Å². The molecule has 0 aliphatic carbocycles. The fourth-order valence-electron chi connectivity index (χ4n) is 4.39. The lowest BCUT2D eigenvalue weighted by molar-refractivity contribution is -0.140. The monoisotopic (exact) mass is 603 g/mol. The third-order valence-electron chi connectivity index (χ3n) is 6.66. The summed E-state index contributed by atoms with van der Waals surface area (Å²) in [5.74, 6) is -0.916. The molecule has 3 rings (SSSR count). The first-order valence-electron chi connectivity index (χ1n) is 13.0. The van der Waals surface area contributed by atoms with E-state index in [1.54, 1.807) is 55.5 Å². The van der Waals surface area contributed by atoms with E-state index in [0.717, 1.165) is 15.4 Å². The van der Waals surface area contributed by atoms with Crippen molar-refractivity contribution >= 4 is 50.7 Å². The Balaban J connectivity index is 2.14. The average Bonchev–Trinajstić information content (AvgIpc) is 2.90. The van der Waals surface area contributed by atoms with Crippen molar-refractivity contribution in [3.05, 3.63) is 93.5 Å². The van der Waals surface area contributed by atoms with Crippen LogP contribution in [0.1, 0.15) is 43.9 Å². The second kappa shape index (κ2) is 13.5. The molecule has 40 heavy (non-hydrogen) atoms. The van der Waals surface area contributed by atoms with Gasteiger partial charge in [0.1, 0.15) is 12.6 Å². The number of halogens is 2. The molecular formula is C30H35Cl2N3O4S. The van der Waals surface area contributed by atoms with Gasteiger partial charge in [0.15, 0.2) is 0 Å². The number of amides is 2. The first-order valence-corrected chi connectivity index (χ1v) is 15.2. The second-order valence-corrected chi connectivity index (χ2v) is 12.5. The quantitative estimate of drug-likeness (QED) is 0.285. The summed E-state index contributed by atoms with van der Waals surface area (Å²) in [6.07, 6.45) is 0.293. The minimum Gasteiger partial charge on any atom is -0.352 e. The first-order chi connectivity index (χ1) is 18.9. The highest BCUT2D eigenvalue weighted by Gasteiger charge is 2.35. The number of nitrogens with one attached hydrogen (secondary N) is 1. The third kappa shape index (κ3) is 7.16. The van der Waals surface area contributed by atoms with Crippen LogP contribution in [0, 0.1) is 13.8 Å². The van der Waals surface area contributed by atoms with Crippen LogP contribution >= 0.6 is 23.2 Å². The number of carbonyl (C=O) groups is 2. The summed E-state index contributed by atoms with van der Waals surface area (Å²) in [5.41, 5.74) is 2.45. The van der Waals surface area contributed by atoms with Crippen LogP contribution in [0.3, 0.4) is 0 Å². The zero-order valence-corrected chi connectivity index (χ0v) is 25.6. The van der Waals surface area contributed by atoms with Crippen molar-refractivity contribution in [2.45, 2.75) is 64.6 Å². The Bertz CT molecular complexity index is 1440. The number of nitrogens with zero attached hydrogens (tertiary/aromatic N) is 2. The van der Waals surface area contributed by atoms with Gasteiger partial charge in [0.2, 0.25) is 11.8 Å². The largest absolute Gasteiger partial charge is 0.352 e. The number of anilines is 1. The maximum atomic E-state index is 14.2. The zero-order valence-electron chi connectivity index (χ0n) is 23.3. The van der Waals surface area contributed by atoms with Gasteiger partial charge < -0.3 is 10.2 Å². The van der Waals surface area contributed by atoms with E-state index in [1.165, 1.54) is 17.0 Å². The lowest BCUT2D eigenvalue weighted by Gasteiger charge is -2.34. The van der Waals surface area contributed by atoms with Crippen molar-refractivity contribution in [1.29, 1.82) is 0 Å². The Kier molecular flexibility index (Phi) is 10.6. The molecule has 214 valence electrons. The van der Waals surface area contributed by atoms with Gasteiger partial charge in [0, 0.05) is 28.2 Å². The number of hydrogen-bond acceptors (Lipinski definition) is 4. The van der Waals surface area contributed by atoms with Crippen molar-refractivity contribution in [1.82, 2.24) is 10.2 Å². The third-order valence-corrected chi connectivity index (χ3v) is 9.14. The fraction of sp³-hybridized carbons (Fsp3) is 0.333. The molecule has 0 aliphatic rings. The lowest BCUT2D eigenvalue weighted by atomic mass is 10.1. The molecule has 2 amide bonds. The van der Waals surface area contributed by atoms with Gasteiger partial charge in [-0.1, -0.05) is 66.5 Å². The van der Waals surface area contributed by atoms with Gasteiger partial charge in [-0.2, -0.15) is 0 Å². The summed E-state index contributed by atoms with van der Waals surface area (Å²) in [4.78, 5) is 28.8. The van der Waals surface area contributed by atoms with Crippen LogP contribution in [0.25, 0.3) is 0 Å². The Hall–Kier alpha value is -3.07. The first kappa shape index (κ1) is 31.5. The SMILES string of the molecule is CC[C@@H](C(=O)NC(C)C)N(Cc1c(Cl)cccc1Cl)C(=O)CN(c1cccc(C)c1C)S(=O)(=O)c1ccccc1. The molecular weight excluding hydrogens is 569 g/mol. The van der Waals surface area contributed by atoms with Crippen LogP contribution in [0.4, 0.5) is 5.69 Å². The molecule has 3 aromatic rings. The average molecular weight is 605 g/mol. The number of rotatable bonds is 11. The number of benzene rings is 3. The highest BCUT2D eigenvalue weighted by atomic mass is 35.5. The zero-order chi connectivity index (χ0) is 29.6. The smallest absolute Gasteiger partial charge is 0.264 e. The summed E-state index contributed by atoms with van der Waals surface area (Å²) < 4.78 is 29.1. The van der Waals surface area contributed by atoms with Crippen molar-refractivity contribution < 1.29 is 18.0 Å². The highest BCUT2D eigenvalue weighted by molar-refractivity contribution is 7.92. The Morgan fingerprint density at radius 2 is 1.50 bits per heavy atom. The van der Waals surface area contributed by atoms with Gasteiger partial charge >= 0.3 is 0 Å². The topological polar surface area (TPSA) is 86.8 Å². The molecule has 0 bridgehead atoms. The minimum atomic E-state index is -4.15. The van der Waals surface area contributed by atoms with Crippen molar-refractivity contribution in [3.8, 4) is 0 Å². The van der Waals surface area contributed by atoms with Crippen molar-refractivity contribution in [2.24, 2.45) is 0 Å². The van der Waals surface area contributed by atoms with Crippen LogP contribution in [-0.4, -0.2) is 43.8 Å².